The quantitative estimate of drug-likeness (QED) is 0.171. The lowest BCUT2D eigenvalue weighted by Gasteiger charge is -2.58. The molecule has 0 amide bonds. The maximum Gasteiger partial charge on any atom is 0.303 e. The molecule has 8 atom stereocenters. The molecule has 392 valence electrons. The topological polar surface area (TPSA) is 122 Å². The second kappa shape index (κ2) is 19.9. The minimum Gasteiger partial charge on any atom is -0.493 e. The van der Waals surface area contributed by atoms with Gasteiger partial charge < -0.3 is 33.2 Å². The minimum atomic E-state index is -0.990. The highest BCUT2D eigenvalue weighted by Crippen LogP contribution is 2.68. The Labute approximate surface area is 437 Å². The minimum absolute atomic E-state index is 0.000437. The number of fused-ring (bicyclic) bond motifs is 7. The normalized spacial score (nSPS) is 28.8. The SMILES string of the molecule is CC(=O)OC1(C(C)=O)CCC2C3C=C(C)C4=CC(=O)CCC4(C)C3CCC21C.COc1ccc2cc1Oc1ccc(cc1)CC1c3cc(c(OC)cc3CCN1C)Oc1c(OC)c(OC)cc3c1C(C2)N(C)CC3. The summed E-state index contributed by atoms with van der Waals surface area (Å²) in [6.45, 7) is 11.5. The molecule has 8 aliphatic rings. The Morgan fingerprint density at radius 2 is 1.34 bits per heavy atom. The maximum atomic E-state index is 12.8. The van der Waals surface area contributed by atoms with Crippen LogP contribution in [0.4, 0.5) is 0 Å². The summed E-state index contributed by atoms with van der Waals surface area (Å²) in [5.74, 6) is 6.44. The predicted molar refractivity (Wildman–Crippen MR) is 284 cm³/mol. The molecule has 0 saturated heterocycles. The van der Waals surface area contributed by atoms with E-state index in [9.17, 15) is 14.4 Å². The van der Waals surface area contributed by atoms with Crippen molar-refractivity contribution in [3.8, 4) is 46.0 Å². The Balaban J connectivity index is 0.000000191. The van der Waals surface area contributed by atoms with Crippen LogP contribution in [0.1, 0.15) is 119 Å². The van der Waals surface area contributed by atoms with Crippen LogP contribution in [-0.4, -0.2) is 88.6 Å². The standard InChI is InChI=1S/C38H42N2O6.C24H32O4/c1-39-15-13-25-20-32(42-4)34-22-28(25)29(39)17-23-7-10-27(11-8-23)45-33-19-24(9-12-31(33)41-3)18-30-36-26(14-16-40(30)2)21-35(43-5)37(44-6)38(36)46-34;1-14-12-18-19(22(4)9-6-17(27)13-21(14)22)7-10-23(5)20(18)8-11-24(23,15(2)25)28-16(3)26/h7-12,19-22,29-30H,13-18H2,1-6H3;12-13,18-20H,6-11H2,1-5H3. The number of hydrogen-bond donors (Lipinski definition) is 0. The summed E-state index contributed by atoms with van der Waals surface area (Å²) in [5.41, 5.74) is 8.31. The highest BCUT2D eigenvalue weighted by Gasteiger charge is 2.67. The number of nitrogens with zero attached hydrogens (tertiary/aromatic N) is 2. The molecule has 4 aliphatic heterocycles. The van der Waals surface area contributed by atoms with Gasteiger partial charge in [0.15, 0.2) is 51.7 Å². The number of esters is 1. The molecule has 0 spiro atoms. The molecule has 12 rings (SSSR count). The zero-order valence-corrected chi connectivity index (χ0v) is 45.3. The Hall–Kier alpha value is -6.11. The van der Waals surface area contributed by atoms with Crippen molar-refractivity contribution < 1.29 is 47.5 Å². The van der Waals surface area contributed by atoms with E-state index in [1.807, 2.05) is 24.3 Å². The molecule has 4 aromatic carbocycles. The lowest BCUT2D eigenvalue weighted by molar-refractivity contribution is -0.185. The van der Waals surface area contributed by atoms with Gasteiger partial charge in [-0.2, -0.15) is 0 Å². The zero-order valence-electron chi connectivity index (χ0n) is 45.3. The van der Waals surface area contributed by atoms with E-state index >= 15 is 0 Å². The number of benzene rings is 4. The summed E-state index contributed by atoms with van der Waals surface area (Å²) in [6, 6.07) is 21.2. The van der Waals surface area contributed by atoms with Crippen LogP contribution in [-0.2, 0) is 44.8 Å². The number of likely N-dealkylation sites (N-methyl/N-ethyl adjacent to an activating group) is 2. The molecule has 8 unspecified atom stereocenters. The van der Waals surface area contributed by atoms with Gasteiger partial charge in [0.25, 0.3) is 0 Å². The summed E-state index contributed by atoms with van der Waals surface area (Å²) in [7, 11) is 11.1. The number of carbonyl (C=O) groups excluding carboxylic acids is 3. The van der Waals surface area contributed by atoms with Crippen LogP contribution in [0, 0.1) is 28.6 Å². The third kappa shape index (κ3) is 8.67. The summed E-state index contributed by atoms with van der Waals surface area (Å²) >= 11 is 0. The van der Waals surface area contributed by atoms with E-state index in [0.29, 0.717) is 70.8 Å². The van der Waals surface area contributed by atoms with Gasteiger partial charge in [-0.3, -0.25) is 24.2 Å². The van der Waals surface area contributed by atoms with E-state index < -0.39 is 5.60 Å². The molecule has 2 fully saturated rings. The first kappa shape index (κ1) is 51.4. The number of Topliss-reactive ketones (excluding diaryl/α,β-unsaturated/α-hetero) is 1. The molecule has 12 heteroatoms. The first-order valence-electron chi connectivity index (χ1n) is 26.6. The largest absolute Gasteiger partial charge is 0.493 e. The highest BCUT2D eigenvalue weighted by molar-refractivity contribution is 5.93. The number of allylic oxidation sites excluding steroid dienone is 4. The van der Waals surface area contributed by atoms with Crippen molar-refractivity contribution in [2.45, 2.75) is 117 Å². The molecular formula is C62H74N2O10. The van der Waals surface area contributed by atoms with Crippen molar-refractivity contribution in [2.75, 3.05) is 55.6 Å². The average molecular weight is 1010 g/mol. The van der Waals surface area contributed by atoms with Crippen LogP contribution < -0.4 is 28.4 Å². The van der Waals surface area contributed by atoms with Gasteiger partial charge in [-0.1, -0.05) is 43.7 Å². The summed E-state index contributed by atoms with van der Waals surface area (Å²) in [5, 5.41) is 0. The molecule has 12 nitrogen and oxygen atoms in total. The van der Waals surface area contributed by atoms with Crippen LogP contribution in [0.25, 0.3) is 0 Å². The first-order chi connectivity index (χ1) is 35.4. The fourth-order valence-electron chi connectivity index (χ4n) is 14.8. The monoisotopic (exact) mass is 1010 g/mol. The van der Waals surface area contributed by atoms with E-state index in [0.717, 1.165) is 81.3 Å². The second-order valence-corrected chi connectivity index (χ2v) is 22.5. The van der Waals surface area contributed by atoms with E-state index in [-0.39, 0.29) is 40.4 Å². The molecular weight excluding hydrogens is 933 g/mol. The van der Waals surface area contributed by atoms with Gasteiger partial charge in [-0.25, -0.2) is 0 Å². The number of carbonyl (C=O) groups is 3. The molecule has 74 heavy (non-hydrogen) atoms. The molecule has 0 aromatic heterocycles. The fourth-order valence-corrected chi connectivity index (χ4v) is 14.8. The van der Waals surface area contributed by atoms with Crippen LogP contribution in [0.5, 0.6) is 46.0 Å². The van der Waals surface area contributed by atoms with Crippen molar-refractivity contribution in [3.05, 3.63) is 117 Å². The highest BCUT2D eigenvalue weighted by atomic mass is 16.6. The lowest BCUT2D eigenvalue weighted by atomic mass is 9.47. The zero-order chi connectivity index (χ0) is 52.4. The van der Waals surface area contributed by atoms with E-state index in [4.69, 9.17) is 33.2 Å². The van der Waals surface area contributed by atoms with Gasteiger partial charge in [-0.15, -0.1) is 0 Å². The second-order valence-electron chi connectivity index (χ2n) is 22.5. The van der Waals surface area contributed by atoms with E-state index in [1.165, 1.54) is 40.3 Å². The molecule has 0 radical (unpaired) electrons. The number of rotatable bonds is 6. The van der Waals surface area contributed by atoms with Gasteiger partial charge in [0.05, 0.1) is 28.4 Å². The fraction of sp³-hybridized carbons (Fsp3) is 0.500. The van der Waals surface area contributed by atoms with Crippen molar-refractivity contribution in [2.24, 2.45) is 28.6 Å². The van der Waals surface area contributed by atoms with Crippen molar-refractivity contribution >= 4 is 17.5 Å². The summed E-state index contributed by atoms with van der Waals surface area (Å²) in [4.78, 5) is 41.6. The third-order valence-corrected chi connectivity index (χ3v) is 18.7. The number of ether oxygens (including phenoxy) is 7. The Bertz CT molecular complexity index is 2940. The molecule has 4 heterocycles. The van der Waals surface area contributed by atoms with Crippen molar-refractivity contribution in [1.82, 2.24) is 9.80 Å². The Morgan fingerprint density at radius 1 is 0.689 bits per heavy atom. The van der Waals surface area contributed by atoms with E-state index in [2.05, 4.69) is 93.2 Å². The molecule has 6 bridgehead atoms. The number of ketones is 2. The van der Waals surface area contributed by atoms with E-state index in [1.54, 1.807) is 35.4 Å². The van der Waals surface area contributed by atoms with Crippen molar-refractivity contribution in [1.29, 1.82) is 0 Å². The lowest BCUT2D eigenvalue weighted by Crippen LogP contribution is -2.58. The molecule has 4 aromatic rings. The van der Waals surface area contributed by atoms with Gasteiger partial charge in [-0.05, 0) is 191 Å². The van der Waals surface area contributed by atoms with Gasteiger partial charge in [0, 0.05) is 49.5 Å². The van der Waals surface area contributed by atoms with Gasteiger partial charge >= 0.3 is 5.97 Å². The van der Waals surface area contributed by atoms with Gasteiger partial charge in [0.2, 0.25) is 5.75 Å². The first-order valence-corrected chi connectivity index (χ1v) is 26.6. The van der Waals surface area contributed by atoms with Gasteiger partial charge in [0.1, 0.15) is 5.75 Å². The molecule has 2 saturated carbocycles. The Kier molecular flexibility index (Phi) is 13.8. The summed E-state index contributed by atoms with van der Waals surface area (Å²) in [6.07, 6.45) is 12.6. The van der Waals surface area contributed by atoms with Crippen molar-refractivity contribution in [3.63, 3.8) is 0 Å². The molecule has 4 aliphatic carbocycles. The van der Waals surface area contributed by atoms with Crippen LogP contribution >= 0.6 is 0 Å². The smallest absolute Gasteiger partial charge is 0.303 e. The average Bonchev–Trinajstić information content (AvgIpc) is 3.68. The van der Waals surface area contributed by atoms with Crippen LogP contribution in [0.3, 0.4) is 0 Å². The number of methoxy groups -OCH3 is 4. The molecule has 0 N–H and O–H groups in total. The number of hydrogen-bond acceptors (Lipinski definition) is 12. The predicted octanol–water partition coefficient (Wildman–Crippen LogP) is 11.7. The Morgan fingerprint density at radius 3 is 2.03 bits per heavy atom. The van der Waals surface area contributed by atoms with Crippen LogP contribution in [0.2, 0.25) is 0 Å². The maximum absolute atomic E-state index is 12.8. The van der Waals surface area contributed by atoms with Crippen LogP contribution in [0.15, 0.2) is 84.0 Å². The third-order valence-electron chi connectivity index (χ3n) is 18.7. The summed E-state index contributed by atoms with van der Waals surface area (Å²) < 4.78 is 42.9.